The average molecular weight is 174 g/mol. The molecule has 0 rings (SSSR count). The summed E-state index contributed by atoms with van der Waals surface area (Å²) < 4.78 is 0. The average Bonchev–Trinajstić information content (AvgIpc) is 1.86. The van der Waals surface area contributed by atoms with E-state index in [1.54, 1.807) is 6.08 Å². The van der Waals surface area contributed by atoms with Crippen molar-refractivity contribution in [2.24, 2.45) is 0 Å². The van der Waals surface area contributed by atoms with Gasteiger partial charge in [-0.1, -0.05) is 26.8 Å². The van der Waals surface area contributed by atoms with Gasteiger partial charge in [-0.2, -0.15) is 0 Å². The number of rotatable bonds is 4. The molecule has 0 bridgehead atoms. The van der Waals surface area contributed by atoms with Crippen molar-refractivity contribution in [1.29, 1.82) is 0 Å². The molecular formula is C8H14O2S. The van der Waals surface area contributed by atoms with E-state index in [1.807, 2.05) is 20.8 Å². The van der Waals surface area contributed by atoms with E-state index in [4.69, 9.17) is 5.11 Å². The van der Waals surface area contributed by atoms with Crippen LogP contribution in [-0.2, 0) is 4.79 Å². The first-order valence-corrected chi connectivity index (χ1v) is 4.56. The molecule has 0 saturated heterocycles. The first-order chi connectivity index (χ1) is 5.07. The Morgan fingerprint density at radius 3 is 2.45 bits per heavy atom. The lowest BCUT2D eigenvalue weighted by atomic mass is 10.4. The van der Waals surface area contributed by atoms with Crippen LogP contribution in [-0.4, -0.2) is 16.3 Å². The second kappa shape index (κ2) is 5.24. The highest BCUT2D eigenvalue weighted by Gasteiger charge is 2.08. The minimum Gasteiger partial charge on any atom is -0.477 e. The molecule has 0 aliphatic rings. The lowest BCUT2D eigenvalue weighted by Gasteiger charge is -2.03. The van der Waals surface area contributed by atoms with Crippen LogP contribution in [0.5, 0.6) is 0 Å². The predicted octanol–water partition coefficient (Wildman–Crippen LogP) is 2.51. The van der Waals surface area contributed by atoms with Crippen molar-refractivity contribution in [3.05, 3.63) is 11.0 Å². The molecule has 0 heterocycles. The van der Waals surface area contributed by atoms with Gasteiger partial charge >= 0.3 is 5.97 Å². The predicted molar refractivity (Wildman–Crippen MR) is 48.7 cm³/mol. The maximum atomic E-state index is 10.5. The summed E-state index contributed by atoms with van der Waals surface area (Å²) in [6.07, 6.45) is 2.52. The van der Waals surface area contributed by atoms with Gasteiger partial charge < -0.3 is 5.11 Å². The molecule has 0 aliphatic heterocycles. The molecule has 0 unspecified atom stereocenters. The van der Waals surface area contributed by atoms with E-state index >= 15 is 0 Å². The molecule has 0 spiro atoms. The molecule has 0 fully saturated rings. The Bertz CT molecular complexity index is 161. The van der Waals surface area contributed by atoms with Crippen LogP contribution in [0.25, 0.3) is 0 Å². The molecule has 0 aromatic carbocycles. The number of carboxylic acid groups (broad SMARTS) is 1. The Morgan fingerprint density at radius 2 is 2.18 bits per heavy atom. The summed E-state index contributed by atoms with van der Waals surface area (Å²) in [4.78, 5) is 11.0. The molecule has 0 saturated carbocycles. The van der Waals surface area contributed by atoms with Gasteiger partial charge in [-0.25, -0.2) is 4.79 Å². The largest absolute Gasteiger partial charge is 0.477 e. The quantitative estimate of drug-likeness (QED) is 0.665. The van der Waals surface area contributed by atoms with Gasteiger partial charge in [-0.05, 0) is 6.42 Å². The topological polar surface area (TPSA) is 37.3 Å². The van der Waals surface area contributed by atoms with E-state index in [0.29, 0.717) is 10.2 Å². The third-order valence-electron chi connectivity index (χ3n) is 0.963. The van der Waals surface area contributed by atoms with E-state index < -0.39 is 5.97 Å². The van der Waals surface area contributed by atoms with Gasteiger partial charge in [0.15, 0.2) is 0 Å². The van der Waals surface area contributed by atoms with Crippen molar-refractivity contribution < 1.29 is 9.90 Å². The van der Waals surface area contributed by atoms with Crippen molar-refractivity contribution in [2.75, 3.05) is 0 Å². The van der Waals surface area contributed by atoms with Gasteiger partial charge in [0, 0.05) is 5.25 Å². The second-order valence-electron chi connectivity index (χ2n) is 2.45. The molecular weight excluding hydrogens is 160 g/mol. The zero-order chi connectivity index (χ0) is 8.85. The van der Waals surface area contributed by atoms with Gasteiger partial charge in [0.2, 0.25) is 0 Å². The lowest BCUT2D eigenvalue weighted by molar-refractivity contribution is -0.131. The molecule has 2 nitrogen and oxygen atoms in total. The van der Waals surface area contributed by atoms with Crippen molar-refractivity contribution in [2.45, 2.75) is 32.4 Å². The maximum absolute atomic E-state index is 10.5. The van der Waals surface area contributed by atoms with E-state index in [9.17, 15) is 4.79 Å². The molecule has 0 radical (unpaired) electrons. The number of thioether (sulfide) groups is 1. The standard InChI is InChI=1S/C8H14O2S/c1-4-5-7(8(9)10)11-6(2)3/h5-6H,4H2,1-3H3,(H,9,10). The third kappa shape index (κ3) is 4.90. The van der Waals surface area contributed by atoms with Gasteiger partial charge in [0.1, 0.15) is 0 Å². The van der Waals surface area contributed by atoms with Crippen LogP contribution in [0.2, 0.25) is 0 Å². The molecule has 0 aliphatic carbocycles. The molecule has 0 amide bonds. The van der Waals surface area contributed by atoms with Gasteiger partial charge in [0.05, 0.1) is 4.91 Å². The Hall–Kier alpha value is -0.440. The summed E-state index contributed by atoms with van der Waals surface area (Å²) in [6, 6.07) is 0. The fourth-order valence-corrected chi connectivity index (χ4v) is 1.50. The van der Waals surface area contributed by atoms with Crippen LogP contribution < -0.4 is 0 Å². The third-order valence-corrected chi connectivity index (χ3v) is 2.03. The zero-order valence-corrected chi connectivity index (χ0v) is 7.94. The zero-order valence-electron chi connectivity index (χ0n) is 7.13. The summed E-state index contributed by atoms with van der Waals surface area (Å²) in [7, 11) is 0. The lowest BCUT2D eigenvalue weighted by Crippen LogP contribution is -2.00. The van der Waals surface area contributed by atoms with Crippen molar-refractivity contribution >= 4 is 17.7 Å². The van der Waals surface area contributed by atoms with Crippen LogP contribution in [0, 0.1) is 0 Å². The summed E-state index contributed by atoms with van der Waals surface area (Å²) in [6.45, 7) is 5.90. The molecule has 0 aromatic heterocycles. The van der Waals surface area contributed by atoms with Gasteiger partial charge in [-0.3, -0.25) is 0 Å². The number of carbonyl (C=O) groups is 1. The molecule has 0 aromatic rings. The Morgan fingerprint density at radius 1 is 1.64 bits per heavy atom. The monoisotopic (exact) mass is 174 g/mol. The van der Waals surface area contributed by atoms with Crippen molar-refractivity contribution in [1.82, 2.24) is 0 Å². The first-order valence-electron chi connectivity index (χ1n) is 3.68. The van der Waals surface area contributed by atoms with Crippen molar-refractivity contribution in [3.63, 3.8) is 0 Å². The Balaban J connectivity index is 4.12. The van der Waals surface area contributed by atoms with E-state index in [1.165, 1.54) is 11.8 Å². The summed E-state index contributed by atoms with van der Waals surface area (Å²) in [5, 5.41) is 9.00. The van der Waals surface area contributed by atoms with Gasteiger partial charge in [-0.15, -0.1) is 11.8 Å². The summed E-state index contributed by atoms with van der Waals surface area (Å²) in [5.74, 6) is -0.814. The van der Waals surface area contributed by atoms with Crippen LogP contribution in [0.15, 0.2) is 11.0 Å². The normalized spacial score (nSPS) is 12.2. The minimum absolute atomic E-state index is 0.337. The fourth-order valence-electron chi connectivity index (χ4n) is 0.625. The van der Waals surface area contributed by atoms with E-state index in [2.05, 4.69) is 0 Å². The van der Waals surface area contributed by atoms with Crippen LogP contribution >= 0.6 is 11.8 Å². The number of allylic oxidation sites excluding steroid dienone is 1. The Kier molecular flexibility index (Phi) is 5.03. The second-order valence-corrected chi connectivity index (χ2v) is 4.07. The van der Waals surface area contributed by atoms with Crippen LogP contribution in [0.3, 0.4) is 0 Å². The highest BCUT2D eigenvalue weighted by Crippen LogP contribution is 2.21. The highest BCUT2D eigenvalue weighted by atomic mass is 32.2. The highest BCUT2D eigenvalue weighted by molar-refractivity contribution is 8.04. The fraction of sp³-hybridized carbons (Fsp3) is 0.625. The molecule has 1 N–H and O–H groups in total. The summed E-state index contributed by atoms with van der Waals surface area (Å²) >= 11 is 1.39. The summed E-state index contributed by atoms with van der Waals surface area (Å²) in [5.41, 5.74) is 0. The number of hydrogen-bond acceptors (Lipinski definition) is 2. The molecule has 3 heteroatoms. The minimum atomic E-state index is -0.814. The van der Waals surface area contributed by atoms with Gasteiger partial charge in [0.25, 0.3) is 0 Å². The number of aliphatic carboxylic acids is 1. The van der Waals surface area contributed by atoms with Crippen molar-refractivity contribution in [3.8, 4) is 0 Å². The van der Waals surface area contributed by atoms with Crippen LogP contribution in [0.4, 0.5) is 0 Å². The molecule has 64 valence electrons. The maximum Gasteiger partial charge on any atom is 0.341 e. The Labute approximate surface area is 71.7 Å². The van der Waals surface area contributed by atoms with Crippen LogP contribution in [0.1, 0.15) is 27.2 Å². The SMILES string of the molecule is CCC=C(SC(C)C)C(=O)O. The van der Waals surface area contributed by atoms with E-state index in [-0.39, 0.29) is 0 Å². The molecule has 0 atom stereocenters. The first kappa shape index (κ1) is 10.6. The number of carboxylic acids is 1. The van der Waals surface area contributed by atoms with E-state index in [0.717, 1.165) is 6.42 Å². The number of hydrogen-bond donors (Lipinski definition) is 1. The smallest absolute Gasteiger partial charge is 0.341 e. The molecule has 11 heavy (non-hydrogen) atoms.